The van der Waals surface area contributed by atoms with Crippen molar-refractivity contribution in [2.24, 2.45) is 5.92 Å². The van der Waals surface area contributed by atoms with Crippen molar-refractivity contribution in [3.05, 3.63) is 59.7 Å². The Kier molecular flexibility index (Phi) is 3.33. The molecule has 0 saturated heterocycles. The van der Waals surface area contributed by atoms with E-state index in [1.165, 1.54) is 29.8 Å². The summed E-state index contributed by atoms with van der Waals surface area (Å²) in [6.45, 7) is 4.36. The standard InChI is InChI=1S/C17H20N2/c1-12(2)15-9-8-14(11-19-15)17(13-6-7-13)16-5-3-4-10-18-16/h3-5,8-13,17H,6-7H2,1-2H3/t17-/m1/s1. The van der Waals surface area contributed by atoms with Gasteiger partial charge >= 0.3 is 0 Å². The molecule has 2 aromatic heterocycles. The molecular weight excluding hydrogens is 232 g/mol. The molecule has 3 rings (SSSR count). The van der Waals surface area contributed by atoms with Gasteiger partial charge in [-0.1, -0.05) is 26.0 Å². The lowest BCUT2D eigenvalue weighted by molar-refractivity contribution is 0.676. The van der Waals surface area contributed by atoms with Gasteiger partial charge in [0.15, 0.2) is 0 Å². The van der Waals surface area contributed by atoms with Gasteiger partial charge in [-0.2, -0.15) is 0 Å². The van der Waals surface area contributed by atoms with Crippen molar-refractivity contribution in [2.45, 2.75) is 38.5 Å². The smallest absolute Gasteiger partial charge is 0.0481 e. The van der Waals surface area contributed by atoms with E-state index >= 15 is 0 Å². The number of pyridine rings is 2. The van der Waals surface area contributed by atoms with Crippen LogP contribution in [0.3, 0.4) is 0 Å². The van der Waals surface area contributed by atoms with Crippen LogP contribution in [0.4, 0.5) is 0 Å². The molecule has 1 saturated carbocycles. The Hall–Kier alpha value is -1.70. The van der Waals surface area contributed by atoms with Gasteiger partial charge in [0.05, 0.1) is 0 Å². The third-order valence-corrected chi connectivity index (χ3v) is 3.86. The Morgan fingerprint density at radius 2 is 1.84 bits per heavy atom. The van der Waals surface area contributed by atoms with Crippen LogP contribution < -0.4 is 0 Å². The van der Waals surface area contributed by atoms with E-state index in [1.807, 2.05) is 18.5 Å². The summed E-state index contributed by atoms with van der Waals surface area (Å²) in [4.78, 5) is 9.15. The van der Waals surface area contributed by atoms with Crippen LogP contribution in [0.1, 0.15) is 55.5 Å². The number of nitrogens with zero attached hydrogens (tertiary/aromatic N) is 2. The molecule has 0 unspecified atom stereocenters. The average Bonchev–Trinajstić information content (AvgIpc) is 3.25. The molecule has 2 heterocycles. The largest absolute Gasteiger partial charge is 0.261 e. The van der Waals surface area contributed by atoms with Crippen molar-refractivity contribution in [2.75, 3.05) is 0 Å². The second-order valence-corrected chi connectivity index (χ2v) is 5.74. The van der Waals surface area contributed by atoms with Gasteiger partial charge < -0.3 is 0 Å². The maximum atomic E-state index is 4.61. The van der Waals surface area contributed by atoms with Crippen LogP contribution in [0, 0.1) is 5.92 Å². The molecule has 0 radical (unpaired) electrons. The lowest BCUT2D eigenvalue weighted by atomic mass is 9.91. The first-order valence-electron chi connectivity index (χ1n) is 7.12. The SMILES string of the molecule is CC(C)c1ccc([C@H](c2ccccn2)C2CC2)cn1. The van der Waals surface area contributed by atoms with Gasteiger partial charge in [-0.25, -0.2) is 0 Å². The minimum absolute atomic E-state index is 0.426. The zero-order chi connectivity index (χ0) is 13.2. The van der Waals surface area contributed by atoms with Gasteiger partial charge in [0.25, 0.3) is 0 Å². The summed E-state index contributed by atoms with van der Waals surface area (Å²) in [6, 6.07) is 10.6. The molecule has 1 aliphatic carbocycles. The summed E-state index contributed by atoms with van der Waals surface area (Å²) in [7, 11) is 0. The molecule has 0 N–H and O–H groups in total. The molecule has 0 bridgehead atoms. The van der Waals surface area contributed by atoms with Crippen molar-refractivity contribution in [1.29, 1.82) is 0 Å². The Bertz CT molecular complexity index is 527. The van der Waals surface area contributed by atoms with Crippen LogP contribution in [0.25, 0.3) is 0 Å². The second kappa shape index (κ2) is 5.12. The number of rotatable bonds is 4. The summed E-state index contributed by atoms with van der Waals surface area (Å²) in [5, 5.41) is 0. The van der Waals surface area contributed by atoms with Gasteiger partial charge in [-0.05, 0) is 48.4 Å². The van der Waals surface area contributed by atoms with E-state index in [0.717, 1.165) is 5.92 Å². The molecule has 2 heteroatoms. The maximum Gasteiger partial charge on any atom is 0.0481 e. The summed E-state index contributed by atoms with van der Waals surface area (Å²) in [5.41, 5.74) is 3.66. The molecule has 1 fully saturated rings. The number of hydrogen-bond donors (Lipinski definition) is 0. The second-order valence-electron chi connectivity index (χ2n) is 5.74. The molecule has 0 aliphatic heterocycles. The van der Waals surface area contributed by atoms with E-state index in [4.69, 9.17) is 0 Å². The third kappa shape index (κ3) is 2.67. The summed E-state index contributed by atoms with van der Waals surface area (Å²) < 4.78 is 0. The quantitative estimate of drug-likeness (QED) is 0.817. The lowest BCUT2D eigenvalue weighted by Crippen LogP contribution is -2.06. The highest BCUT2D eigenvalue weighted by Crippen LogP contribution is 2.45. The van der Waals surface area contributed by atoms with E-state index in [0.29, 0.717) is 11.8 Å². The van der Waals surface area contributed by atoms with Crippen molar-refractivity contribution in [3.63, 3.8) is 0 Å². The normalized spacial score (nSPS) is 16.6. The van der Waals surface area contributed by atoms with E-state index in [9.17, 15) is 0 Å². The van der Waals surface area contributed by atoms with Crippen LogP contribution in [0.5, 0.6) is 0 Å². The number of hydrogen-bond acceptors (Lipinski definition) is 2. The zero-order valence-electron chi connectivity index (χ0n) is 11.6. The van der Waals surface area contributed by atoms with Gasteiger partial charge in [0, 0.05) is 29.7 Å². The minimum atomic E-state index is 0.426. The lowest BCUT2D eigenvalue weighted by Gasteiger charge is -2.16. The Labute approximate surface area is 114 Å². The zero-order valence-corrected chi connectivity index (χ0v) is 11.6. The summed E-state index contributed by atoms with van der Waals surface area (Å²) >= 11 is 0. The van der Waals surface area contributed by atoms with Gasteiger partial charge in [-0.3, -0.25) is 9.97 Å². The highest BCUT2D eigenvalue weighted by atomic mass is 14.7. The Balaban J connectivity index is 1.92. The molecule has 1 atom stereocenters. The van der Waals surface area contributed by atoms with Crippen LogP contribution in [-0.2, 0) is 0 Å². The minimum Gasteiger partial charge on any atom is -0.261 e. The Morgan fingerprint density at radius 3 is 2.37 bits per heavy atom. The molecular formula is C17H20N2. The molecule has 2 nitrogen and oxygen atoms in total. The first-order chi connectivity index (χ1) is 9.25. The van der Waals surface area contributed by atoms with E-state index in [-0.39, 0.29) is 0 Å². The number of aromatic nitrogens is 2. The van der Waals surface area contributed by atoms with Crippen LogP contribution in [-0.4, -0.2) is 9.97 Å². The van der Waals surface area contributed by atoms with Crippen molar-refractivity contribution >= 4 is 0 Å². The van der Waals surface area contributed by atoms with Crippen molar-refractivity contribution in [3.8, 4) is 0 Å². The van der Waals surface area contributed by atoms with Gasteiger partial charge in [-0.15, -0.1) is 0 Å². The molecule has 0 amide bonds. The van der Waals surface area contributed by atoms with Crippen LogP contribution >= 0.6 is 0 Å². The summed E-state index contributed by atoms with van der Waals surface area (Å²) in [5.74, 6) is 1.67. The van der Waals surface area contributed by atoms with E-state index in [1.54, 1.807) is 0 Å². The van der Waals surface area contributed by atoms with Crippen LogP contribution in [0.15, 0.2) is 42.7 Å². The fourth-order valence-corrected chi connectivity index (χ4v) is 2.62. The molecule has 1 aliphatic rings. The van der Waals surface area contributed by atoms with Crippen molar-refractivity contribution in [1.82, 2.24) is 9.97 Å². The van der Waals surface area contributed by atoms with Gasteiger partial charge in [0.1, 0.15) is 0 Å². The fourth-order valence-electron chi connectivity index (χ4n) is 2.62. The monoisotopic (exact) mass is 252 g/mol. The van der Waals surface area contributed by atoms with Crippen molar-refractivity contribution < 1.29 is 0 Å². The average molecular weight is 252 g/mol. The molecule has 0 aromatic carbocycles. The topological polar surface area (TPSA) is 25.8 Å². The highest BCUT2D eigenvalue weighted by molar-refractivity contribution is 5.30. The Morgan fingerprint density at radius 1 is 1.00 bits per heavy atom. The molecule has 0 spiro atoms. The first-order valence-corrected chi connectivity index (χ1v) is 7.12. The first kappa shape index (κ1) is 12.3. The highest BCUT2D eigenvalue weighted by Gasteiger charge is 2.34. The third-order valence-electron chi connectivity index (χ3n) is 3.86. The maximum absolute atomic E-state index is 4.61. The van der Waals surface area contributed by atoms with Crippen LogP contribution in [0.2, 0.25) is 0 Å². The predicted molar refractivity (Wildman–Crippen MR) is 77.1 cm³/mol. The molecule has 2 aromatic rings. The molecule has 98 valence electrons. The molecule has 19 heavy (non-hydrogen) atoms. The predicted octanol–water partition coefficient (Wildman–Crippen LogP) is 4.14. The fraction of sp³-hybridized carbons (Fsp3) is 0.412. The van der Waals surface area contributed by atoms with Gasteiger partial charge in [0.2, 0.25) is 0 Å². The summed E-state index contributed by atoms with van der Waals surface area (Å²) in [6.07, 6.45) is 6.56. The van der Waals surface area contributed by atoms with E-state index in [2.05, 4.69) is 48.1 Å². The van der Waals surface area contributed by atoms with E-state index < -0.39 is 0 Å².